The number of sulfonamides is 1. The van der Waals surface area contributed by atoms with Crippen molar-refractivity contribution in [3.05, 3.63) is 11.2 Å². The summed E-state index contributed by atoms with van der Waals surface area (Å²) < 4.78 is 34.8. The van der Waals surface area contributed by atoms with Crippen LogP contribution in [0.25, 0.3) is 0 Å². The van der Waals surface area contributed by atoms with Gasteiger partial charge in [0.1, 0.15) is 11.9 Å². The van der Waals surface area contributed by atoms with Gasteiger partial charge >= 0.3 is 11.9 Å². The Kier molecular flexibility index (Phi) is 41.1. The number of hydrogen-bond donors (Lipinski definition) is 2. The number of nitrogens with zero attached hydrogens (tertiary/aromatic N) is 2. The standard InChI is InChI=1S/C49H98N4O6S/c1-6-9-12-15-18-27-34-44-58-48(54)38-30-23-19-25-32-41-53(43-35-40-51-47(52(4)5)45-60(50,56)57)42-33-26-20-24-31-39-49(55)59-46(36-28-21-16-13-10-7-2)37-29-22-17-14-11-8-3/h45-46,51H,6-44H2,1-5H3,(H2,50,56,57)/b47-45-. The molecule has 0 unspecified atom stereocenters. The molecule has 0 aromatic carbocycles. The van der Waals surface area contributed by atoms with Gasteiger partial charge in [0.2, 0.25) is 10.0 Å². The van der Waals surface area contributed by atoms with Gasteiger partial charge in [-0.15, -0.1) is 0 Å². The first-order valence-corrected chi connectivity index (χ1v) is 26.9. The van der Waals surface area contributed by atoms with Gasteiger partial charge in [-0.3, -0.25) is 9.59 Å². The molecule has 0 saturated carbocycles. The highest BCUT2D eigenvalue weighted by atomic mass is 32.2. The molecule has 3 N–H and O–H groups in total. The molecule has 0 aromatic rings. The van der Waals surface area contributed by atoms with Crippen LogP contribution in [0, 0.1) is 0 Å². The van der Waals surface area contributed by atoms with Crippen LogP contribution in [0.3, 0.4) is 0 Å². The Balaban J connectivity index is 4.62. The third kappa shape index (κ3) is 41.5. The quantitative estimate of drug-likeness (QED) is 0.0453. The van der Waals surface area contributed by atoms with Crippen molar-refractivity contribution in [3.8, 4) is 0 Å². The molecule has 0 fully saturated rings. The van der Waals surface area contributed by atoms with E-state index in [2.05, 4.69) is 31.0 Å². The Hall–Kier alpha value is -1.85. The predicted molar refractivity (Wildman–Crippen MR) is 254 cm³/mol. The maximum absolute atomic E-state index is 12.9. The molecule has 356 valence electrons. The topological polar surface area (TPSA) is 131 Å². The zero-order valence-electron chi connectivity index (χ0n) is 40.1. The van der Waals surface area contributed by atoms with Crippen LogP contribution in [0.1, 0.15) is 239 Å². The van der Waals surface area contributed by atoms with E-state index < -0.39 is 10.0 Å². The van der Waals surface area contributed by atoms with Crippen molar-refractivity contribution >= 4 is 22.0 Å². The molecule has 60 heavy (non-hydrogen) atoms. The van der Waals surface area contributed by atoms with Gasteiger partial charge in [0.15, 0.2) is 0 Å². The summed E-state index contributed by atoms with van der Waals surface area (Å²) in [4.78, 5) is 29.3. The summed E-state index contributed by atoms with van der Waals surface area (Å²) >= 11 is 0. The molecular weight excluding hydrogens is 773 g/mol. The van der Waals surface area contributed by atoms with Gasteiger partial charge in [-0.1, -0.05) is 162 Å². The number of carbonyl (C=O) groups excluding carboxylic acids is 2. The Morgan fingerprint density at radius 2 is 0.950 bits per heavy atom. The van der Waals surface area contributed by atoms with Gasteiger partial charge in [-0.05, 0) is 83.8 Å². The largest absolute Gasteiger partial charge is 0.466 e. The molecule has 0 saturated heterocycles. The van der Waals surface area contributed by atoms with Crippen molar-refractivity contribution < 1.29 is 27.5 Å². The number of hydrogen-bond acceptors (Lipinski definition) is 9. The van der Waals surface area contributed by atoms with Crippen LogP contribution in [-0.4, -0.2) is 83.1 Å². The van der Waals surface area contributed by atoms with Crippen LogP contribution in [-0.2, 0) is 29.1 Å². The molecule has 0 spiro atoms. The molecule has 0 bridgehead atoms. The minimum Gasteiger partial charge on any atom is -0.466 e. The molecule has 0 aromatic heterocycles. The van der Waals surface area contributed by atoms with Crippen LogP contribution >= 0.6 is 0 Å². The Morgan fingerprint density at radius 3 is 1.42 bits per heavy atom. The van der Waals surface area contributed by atoms with Crippen molar-refractivity contribution in [3.63, 3.8) is 0 Å². The zero-order valence-corrected chi connectivity index (χ0v) is 40.9. The number of nitrogens with one attached hydrogen (secondary N) is 1. The number of rotatable bonds is 46. The van der Waals surface area contributed by atoms with Crippen molar-refractivity contribution in [2.45, 2.75) is 245 Å². The third-order valence-corrected chi connectivity index (χ3v) is 12.0. The number of nitrogens with two attached hydrogens (primary N) is 1. The second-order valence-electron chi connectivity index (χ2n) is 17.7. The normalized spacial score (nSPS) is 12.1. The zero-order chi connectivity index (χ0) is 44.4. The molecule has 0 atom stereocenters. The highest BCUT2D eigenvalue weighted by Crippen LogP contribution is 2.19. The highest BCUT2D eigenvalue weighted by molar-refractivity contribution is 7.92. The van der Waals surface area contributed by atoms with E-state index in [4.69, 9.17) is 14.6 Å². The lowest BCUT2D eigenvalue weighted by molar-refractivity contribution is -0.150. The van der Waals surface area contributed by atoms with E-state index in [1.807, 2.05) is 0 Å². The summed E-state index contributed by atoms with van der Waals surface area (Å²) in [5.41, 5.74) is 0. The molecule has 0 heterocycles. The Morgan fingerprint density at radius 1 is 0.550 bits per heavy atom. The van der Waals surface area contributed by atoms with Gasteiger partial charge in [0.25, 0.3) is 0 Å². The molecule has 0 aliphatic heterocycles. The van der Waals surface area contributed by atoms with Crippen LogP contribution in [0.4, 0.5) is 0 Å². The Labute approximate surface area is 371 Å². The second-order valence-corrected chi connectivity index (χ2v) is 19.1. The summed E-state index contributed by atoms with van der Waals surface area (Å²) in [6.07, 6.45) is 38.4. The lowest BCUT2D eigenvalue weighted by Crippen LogP contribution is -2.32. The molecule has 0 radical (unpaired) electrons. The van der Waals surface area contributed by atoms with E-state index in [-0.39, 0.29) is 18.0 Å². The molecule has 0 rings (SSSR count). The number of ether oxygens (including phenoxy) is 2. The first-order valence-electron chi connectivity index (χ1n) is 25.2. The minimum atomic E-state index is -3.73. The average molecular weight is 871 g/mol. The Bertz CT molecular complexity index is 1100. The maximum Gasteiger partial charge on any atom is 0.306 e. The second kappa shape index (κ2) is 42.5. The van der Waals surface area contributed by atoms with Gasteiger partial charge in [0, 0.05) is 33.5 Å². The lowest BCUT2D eigenvalue weighted by Gasteiger charge is -2.24. The first-order chi connectivity index (χ1) is 29.0. The SMILES string of the molecule is CCCCCCCCCOC(=O)CCCCCCCN(CCCCCCCC(=O)OC(CCCCCCCC)CCCCCCCC)CCCN/C(=C/S(N)(=O)=O)N(C)C. The average Bonchev–Trinajstić information content (AvgIpc) is 3.20. The van der Waals surface area contributed by atoms with Gasteiger partial charge < -0.3 is 24.6 Å². The number of unbranched alkanes of at least 4 members (excludes halogenated alkanes) is 24. The van der Waals surface area contributed by atoms with Crippen LogP contribution in [0.2, 0.25) is 0 Å². The van der Waals surface area contributed by atoms with Crippen molar-refractivity contribution in [1.82, 2.24) is 15.1 Å². The van der Waals surface area contributed by atoms with Gasteiger partial charge in [-0.2, -0.15) is 0 Å². The van der Waals surface area contributed by atoms with E-state index in [9.17, 15) is 18.0 Å². The smallest absolute Gasteiger partial charge is 0.306 e. The molecule has 0 aliphatic rings. The molecule has 10 nitrogen and oxygen atoms in total. The first kappa shape index (κ1) is 58.1. The maximum atomic E-state index is 12.9. The number of esters is 2. The summed E-state index contributed by atoms with van der Waals surface area (Å²) in [6, 6.07) is 0. The van der Waals surface area contributed by atoms with E-state index in [0.717, 1.165) is 134 Å². The molecule has 11 heteroatoms. The molecular formula is C49H98N4O6S. The summed E-state index contributed by atoms with van der Waals surface area (Å²) in [5.74, 6) is 0.427. The van der Waals surface area contributed by atoms with E-state index in [0.29, 0.717) is 31.8 Å². The van der Waals surface area contributed by atoms with E-state index >= 15 is 0 Å². The molecule has 0 aliphatic carbocycles. The van der Waals surface area contributed by atoms with Crippen molar-refractivity contribution in [2.24, 2.45) is 5.14 Å². The van der Waals surface area contributed by atoms with Gasteiger partial charge in [-0.25, -0.2) is 13.6 Å². The van der Waals surface area contributed by atoms with E-state index in [1.54, 1.807) is 19.0 Å². The predicted octanol–water partition coefficient (Wildman–Crippen LogP) is 12.3. The fourth-order valence-electron chi connectivity index (χ4n) is 7.71. The highest BCUT2D eigenvalue weighted by Gasteiger charge is 2.15. The summed E-state index contributed by atoms with van der Waals surface area (Å²) in [6.45, 7) is 10.9. The molecule has 0 amide bonds. The monoisotopic (exact) mass is 871 g/mol. The van der Waals surface area contributed by atoms with Crippen LogP contribution in [0.5, 0.6) is 0 Å². The van der Waals surface area contributed by atoms with Crippen LogP contribution in [0.15, 0.2) is 11.2 Å². The van der Waals surface area contributed by atoms with E-state index in [1.165, 1.54) is 96.3 Å². The minimum absolute atomic E-state index is 0.00758. The fraction of sp³-hybridized carbons (Fsp3) is 0.918. The summed E-state index contributed by atoms with van der Waals surface area (Å²) in [5, 5.41) is 9.56. The fourth-order valence-corrected chi connectivity index (χ4v) is 8.32. The summed E-state index contributed by atoms with van der Waals surface area (Å²) in [7, 11) is -0.141. The van der Waals surface area contributed by atoms with Gasteiger partial charge in [0.05, 0.1) is 12.0 Å². The van der Waals surface area contributed by atoms with Crippen LogP contribution < -0.4 is 10.5 Å². The number of primary sulfonamides is 1. The number of carbonyl (C=O) groups is 2. The third-order valence-electron chi connectivity index (χ3n) is 11.5. The lowest BCUT2D eigenvalue weighted by atomic mass is 10.0. The van der Waals surface area contributed by atoms with Crippen molar-refractivity contribution in [1.29, 1.82) is 0 Å². The van der Waals surface area contributed by atoms with Crippen molar-refractivity contribution in [2.75, 3.05) is 46.9 Å².